The number of anilines is 1. The lowest BCUT2D eigenvalue weighted by atomic mass is 10.2. The molecule has 1 aliphatic rings. The first-order valence-corrected chi connectivity index (χ1v) is 9.47. The molecule has 2 aromatic rings. The minimum Gasteiger partial charge on any atom is -0.377 e. The molecule has 1 aromatic heterocycles. The Morgan fingerprint density at radius 3 is 3.04 bits per heavy atom. The second-order valence-electron chi connectivity index (χ2n) is 6.06. The Hall–Kier alpha value is -1.47. The van der Waals surface area contributed by atoms with Crippen LogP contribution in [0.1, 0.15) is 17.7 Å². The number of carbonyl (C=O) groups excluding carboxylic acids is 1. The summed E-state index contributed by atoms with van der Waals surface area (Å²) in [4.78, 5) is 15.6. The van der Waals surface area contributed by atoms with E-state index in [0.717, 1.165) is 19.4 Å². The van der Waals surface area contributed by atoms with Crippen LogP contribution in [0.5, 0.6) is 0 Å². The number of hydrogen-bond acceptors (Lipinski definition) is 4. The molecule has 0 bridgehead atoms. The van der Waals surface area contributed by atoms with E-state index >= 15 is 0 Å². The van der Waals surface area contributed by atoms with E-state index in [9.17, 15) is 9.18 Å². The summed E-state index contributed by atoms with van der Waals surface area (Å²) >= 11 is 7.52. The van der Waals surface area contributed by atoms with Crippen molar-refractivity contribution in [1.29, 1.82) is 0 Å². The summed E-state index contributed by atoms with van der Waals surface area (Å²) < 4.78 is 19.5. The summed E-state index contributed by atoms with van der Waals surface area (Å²) in [6, 6.07) is 8.15. The molecule has 1 saturated heterocycles. The average molecular weight is 383 g/mol. The maximum Gasteiger partial charge on any atom is 0.238 e. The van der Waals surface area contributed by atoms with Gasteiger partial charge in [-0.05, 0) is 42.5 Å². The Bertz CT molecular complexity index is 705. The van der Waals surface area contributed by atoms with E-state index in [1.807, 2.05) is 22.4 Å². The summed E-state index contributed by atoms with van der Waals surface area (Å²) in [7, 11) is 0. The number of rotatable bonds is 7. The topological polar surface area (TPSA) is 41.6 Å². The molecule has 4 nitrogen and oxygen atoms in total. The number of ether oxygens (including phenoxy) is 1. The van der Waals surface area contributed by atoms with Crippen LogP contribution in [0.25, 0.3) is 0 Å². The molecule has 1 aromatic carbocycles. The van der Waals surface area contributed by atoms with Crippen LogP contribution in [0.3, 0.4) is 0 Å². The van der Waals surface area contributed by atoms with Crippen LogP contribution in [-0.4, -0.2) is 36.6 Å². The van der Waals surface area contributed by atoms with Crippen LogP contribution in [0.4, 0.5) is 10.1 Å². The van der Waals surface area contributed by atoms with Crippen LogP contribution in [0.15, 0.2) is 35.7 Å². The van der Waals surface area contributed by atoms with Crippen molar-refractivity contribution < 1.29 is 13.9 Å². The van der Waals surface area contributed by atoms with Crippen molar-refractivity contribution in [2.75, 3.05) is 25.0 Å². The second-order valence-corrected chi connectivity index (χ2v) is 7.53. The molecule has 1 fully saturated rings. The third kappa shape index (κ3) is 5.51. The van der Waals surface area contributed by atoms with Crippen molar-refractivity contribution in [2.24, 2.45) is 0 Å². The van der Waals surface area contributed by atoms with Gasteiger partial charge >= 0.3 is 0 Å². The Morgan fingerprint density at radius 2 is 2.32 bits per heavy atom. The monoisotopic (exact) mass is 382 g/mol. The van der Waals surface area contributed by atoms with E-state index in [1.165, 1.54) is 23.1 Å². The summed E-state index contributed by atoms with van der Waals surface area (Å²) in [5.74, 6) is -0.766. The SMILES string of the molecule is O=C(CN(Cc1cccs1)C[C@@H]1CCCO1)Nc1cc(Cl)ccc1F. The molecule has 3 rings (SSSR count). The molecular formula is C18H20ClFN2O2S. The van der Waals surface area contributed by atoms with Gasteiger partial charge in [0.05, 0.1) is 18.3 Å². The molecule has 0 saturated carbocycles. The number of carbonyl (C=O) groups is 1. The van der Waals surface area contributed by atoms with Gasteiger partial charge in [0.15, 0.2) is 0 Å². The number of thiophene rings is 1. The van der Waals surface area contributed by atoms with Gasteiger partial charge in [-0.25, -0.2) is 4.39 Å². The van der Waals surface area contributed by atoms with Gasteiger partial charge in [0, 0.05) is 29.6 Å². The van der Waals surface area contributed by atoms with E-state index in [-0.39, 0.29) is 24.2 Å². The van der Waals surface area contributed by atoms with Gasteiger partial charge in [-0.2, -0.15) is 0 Å². The molecule has 0 unspecified atom stereocenters. The first-order valence-electron chi connectivity index (χ1n) is 8.21. The maximum absolute atomic E-state index is 13.8. The Labute approximate surface area is 155 Å². The summed E-state index contributed by atoms with van der Waals surface area (Å²) in [5.41, 5.74) is 0.102. The highest BCUT2D eigenvalue weighted by Crippen LogP contribution is 2.20. The number of hydrogen-bond donors (Lipinski definition) is 1. The highest BCUT2D eigenvalue weighted by atomic mass is 35.5. The molecular weight excluding hydrogens is 363 g/mol. The molecule has 1 amide bonds. The van der Waals surface area contributed by atoms with Crippen LogP contribution in [-0.2, 0) is 16.1 Å². The van der Waals surface area contributed by atoms with Gasteiger partial charge < -0.3 is 10.1 Å². The molecule has 0 spiro atoms. The third-order valence-electron chi connectivity index (χ3n) is 4.02. The van der Waals surface area contributed by atoms with Crippen molar-refractivity contribution >= 4 is 34.5 Å². The van der Waals surface area contributed by atoms with Gasteiger partial charge in [0.1, 0.15) is 5.82 Å². The van der Waals surface area contributed by atoms with E-state index < -0.39 is 5.82 Å². The zero-order valence-corrected chi connectivity index (χ0v) is 15.3. The van der Waals surface area contributed by atoms with Crippen molar-refractivity contribution in [1.82, 2.24) is 4.90 Å². The number of amides is 1. The lowest BCUT2D eigenvalue weighted by Gasteiger charge is -2.24. The van der Waals surface area contributed by atoms with Gasteiger partial charge in [0.25, 0.3) is 0 Å². The molecule has 1 aliphatic heterocycles. The molecule has 0 aliphatic carbocycles. The zero-order chi connectivity index (χ0) is 17.6. The first-order chi connectivity index (χ1) is 12.1. The van der Waals surface area contributed by atoms with Crippen molar-refractivity contribution in [3.63, 3.8) is 0 Å². The molecule has 7 heteroatoms. The Balaban J connectivity index is 1.63. The lowest BCUT2D eigenvalue weighted by molar-refractivity contribution is -0.117. The normalized spacial score (nSPS) is 17.2. The van der Waals surface area contributed by atoms with E-state index in [0.29, 0.717) is 18.1 Å². The van der Waals surface area contributed by atoms with E-state index in [2.05, 4.69) is 5.32 Å². The smallest absolute Gasteiger partial charge is 0.238 e. The molecule has 1 atom stereocenters. The molecule has 0 radical (unpaired) electrons. The lowest BCUT2D eigenvalue weighted by Crippen LogP contribution is -2.37. The van der Waals surface area contributed by atoms with Gasteiger partial charge in [0.2, 0.25) is 5.91 Å². The van der Waals surface area contributed by atoms with Gasteiger partial charge in [-0.3, -0.25) is 9.69 Å². The van der Waals surface area contributed by atoms with Crippen molar-refractivity contribution in [3.8, 4) is 0 Å². The minimum absolute atomic E-state index is 0.102. The third-order valence-corrected chi connectivity index (χ3v) is 5.11. The highest BCUT2D eigenvalue weighted by Gasteiger charge is 2.21. The number of benzene rings is 1. The number of nitrogens with zero attached hydrogens (tertiary/aromatic N) is 1. The predicted molar refractivity (Wildman–Crippen MR) is 98.6 cm³/mol. The average Bonchev–Trinajstić information content (AvgIpc) is 3.25. The largest absolute Gasteiger partial charge is 0.377 e. The van der Waals surface area contributed by atoms with Crippen LogP contribution >= 0.6 is 22.9 Å². The standard InChI is InChI=1S/C18H20ClFN2O2S/c19-13-5-6-16(20)17(9-13)21-18(23)12-22(10-14-3-1-7-24-14)11-15-4-2-8-25-15/h2,4-6,8-9,14H,1,3,7,10-12H2,(H,21,23)/t14-/m0/s1. The quantitative estimate of drug-likeness (QED) is 0.781. The molecule has 25 heavy (non-hydrogen) atoms. The molecule has 1 N–H and O–H groups in total. The summed E-state index contributed by atoms with van der Waals surface area (Å²) in [5, 5.41) is 5.00. The number of nitrogens with one attached hydrogen (secondary N) is 1. The predicted octanol–water partition coefficient (Wildman–Crippen LogP) is 4.16. The maximum atomic E-state index is 13.8. The van der Waals surface area contributed by atoms with Gasteiger partial charge in [-0.1, -0.05) is 17.7 Å². The van der Waals surface area contributed by atoms with E-state index in [4.69, 9.17) is 16.3 Å². The zero-order valence-electron chi connectivity index (χ0n) is 13.7. The fraction of sp³-hybridized carbons (Fsp3) is 0.389. The highest BCUT2D eigenvalue weighted by molar-refractivity contribution is 7.09. The fourth-order valence-corrected chi connectivity index (χ4v) is 3.79. The van der Waals surface area contributed by atoms with Crippen molar-refractivity contribution in [3.05, 3.63) is 51.4 Å². The van der Waals surface area contributed by atoms with Gasteiger partial charge in [-0.15, -0.1) is 11.3 Å². The van der Waals surface area contributed by atoms with E-state index in [1.54, 1.807) is 11.3 Å². The van der Waals surface area contributed by atoms with Crippen molar-refractivity contribution in [2.45, 2.75) is 25.5 Å². The molecule has 2 heterocycles. The summed E-state index contributed by atoms with van der Waals surface area (Å²) in [6.45, 7) is 2.30. The second kappa shape index (κ2) is 8.76. The Morgan fingerprint density at radius 1 is 1.44 bits per heavy atom. The molecule has 134 valence electrons. The minimum atomic E-state index is -0.498. The van der Waals surface area contributed by atoms with Crippen LogP contribution < -0.4 is 5.32 Å². The Kier molecular flexibility index (Phi) is 6.42. The van der Waals surface area contributed by atoms with Crippen LogP contribution in [0, 0.1) is 5.82 Å². The number of halogens is 2. The fourth-order valence-electron chi connectivity index (χ4n) is 2.87. The summed E-state index contributed by atoms with van der Waals surface area (Å²) in [6.07, 6.45) is 2.21. The first kappa shape index (κ1) is 18.3. The van der Waals surface area contributed by atoms with Crippen LogP contribution in [0.2, 0.25) is 5.02 Å².